The number of carbonyl (C=O) groups excluding carboxylic acids is 19. The molecule has 18 amide bonds. The number of aliphatic hydroxyl groups is 1. The Bertz CT molecular complexity index is 3630. The molecule has 1 fully saturated rings. The number of amides is 18. The van der Waals surface area contributed by atoms with Crippen LogP contribution in [0.2, 0.25) is 0 Å². The number of hydrogen-bond donors (Lipinski definition) is 20. The zero-order valence-electron chi connectivity index (χ0n) is 76.0. The molecule has 0 unspecified atom stereocenters. The van der Waals surface area contributed by atoms with E-state index < -0.39 is 303 Å². The molecule has 0 aromatic carbocycles. The number of nitrogens with one attached hydrogen (secondary N) is 14. The van der Waals surface area contributed by atoms with E-state index in [9.17, 15) is 96.5 Å². The van der Waals surface area contributed by atoms with Crippen molar-refractivity contribution in [2.45, 2.75) is 356 Å². The lowest BCUT2D eigenvalue weighted by atomic mass is 9.98. The minimum atomic E-state index is -2.10. The Labute approximate surface area is 733 Å². The number of carboxylic acids is 1. The number of cyclic esters (lactones) is 1. The van der Waals surface area contributed by atoms with E-state index in [-0.39, 0.29) is 68.6 Å². The number of esters is 1. The summed E-state index contributed by atoms with van der Waals surface area (Å²) in [7, 11) is 0. The smallest absolute Gasteiger partial charge is 0.329 e. The van der Waals surface area contributed by atoms with Crippen molar-refractivity contribution in [3.8, 4) is 0 Å². The number of carboxylic acid groups (broad SMARTS) is 1. The molecule has 1 heterocycles. The summed E-state index contributed by atoms with van der Waals surface area (Å²) in [6, 6.07) is -22.9. The lowest BCUT2D eigenvalue weighted by Crippen LogP contribution is -2.62. The van der Waals surface area contributed by atoms with E-state index in [1.807, 2.05) is 0 Å². The molecule has 0 saturated carbocycles. The number of nitrogens with two attached hydrogens (primary N) is 4. The summed E-state index contributed by atoms with van der Waals surface area (Å²) in [6.07, 6.45) is -2.30. The molecular weight excluding hydrogens is 1630 g/mol. The second-order valence-corrected chi connectivity index (χ2v) is 35.4. The summed E-state index contributed by atoms with van der Waals surface area (Å²) in [6.45, 7) is 27.2. The van der Waals surface area contributed by atoms with Gasteiger partial charge in [-0.2, -0.15) is 0 Å². The first kappa shape index (κ1) is 112. The molecule has 0 aromatic rings. The summed E-state index contributed by atoms with van der Waals surface area (Å²) in [5.41, 5.74) is 22.2. The van der Waals surface area contributed by atoms with Crippen molar-refractivity contribution in [2.24, 2.45) is 70.3 Å². The molecule has 710 valence electrons. The largest absolute Gasteiger partial charge is 0.481 e. The van der Waals surface area contributed by atoms with Gasteiger partial charge in [-0.25, -0.2) is 4.79 Å². The van der Waals surface area contributed by atoms with Crippen LogP contribution in [0.25, 0.3) is 0 Å². The molecule has 0 radical (unpaired) electrons. The molecule has 0 aliphatic carbocycles. The highest BCUT2D eigenvalue weighted by molar-refractivity contribution is 6.01. The van der Waals surface area contributed by atoms with Crippen molar-refractivity contribution in [3.63, 3.8) is 0 Å². The first-order chi connectivity index (χ1) is 58.3. The van der Waals surface area contributed by atoms with E-state index in [4.69, 9.17) is 27.7 Å². The topological polar surface area (TPSA) is 664 Å². The molecule has 0 aromatic heterocycles. The number of aliphatic hydroxyl groups excluding tert-OH is 1. The molecular formula is C84H146N18O23. The van der Waals surface area contributed by atoms with Crippen molar-refractivity contribution < 1.29 is 111 Å². The van der Waals surface area contributed by atoms with Crippen LogP contribution >= 0.6 is 0 Å². The van der Waals surface area contributed by atoms with E-state index in [1.165, 1.54) is 34.6 Å². The van der Waals surface area contributed by atoms with E-state index in [2.05, 4.69) is 81.4 Å². The van der Waals surface area contributed by atoms with Gasteiger partial charge >= 0.3 is 11.9 Å². The number of ether oxygens (including phenoxy) is 1. The Hall–Kier alpha value is -10.6. The van der Waals surface area contributed by atoms with Crippen molar-refractivity contribution in [1.82, 2.24) is 74.4 Å². The van der Waals surface area contributed by atoms with Crippen LogP contribution in [0, 0.1) is 47.3 Å². The van der Waals surface area contributed by atoms with Gasteiger partial charge in [0.1, 0.15) is 91.2 Å². The second-order valence-electron chi connectivity index (χ2n) is 35.4. The minimum Gasteiger partial charge on any atom is -0.481 e. The fourth-order valence-corrected chi connectivity index (χ4v) is 13.5. The van der Waals surface area contributed by atoms with E-state index >= 15 is 9.59 Å². The third-order valence-electron chi connectivity index (χ3n) is 20.6. The van der Waals surface area contributed by atoms with E-state index in [0.29, 0.717) is 12.8 Å². The number of primary amides is 4. The molecule has 0 bridgehead atoms. The lowest BCUT2D eigenvalue weighted by molar-refractivity contribution is -0.152. The fraction of sp³-hybridized carbons (Fsp3) is 0.762. The van der Waals surface area contributed by atoms with Gasteiger partial charge < -0.3 is 112 Å². The average Bonchev–Trinajstić information content (AvgIpc) is 1.13. The predicted molar refractivity (Wildman–Crippen MR) is 459 cm³/mol. The quantitative estimate of drug-likeness (QED) is 0.0255. The first-order valence-corrected chi connectivity index (χ1v) is 43.7. The maximum atomic E-state index is 15.1. The SMILES string of the molecule is CCCCCCC[C@@H](O)CC(=O)N[C@@H](CC(C)C)C(=O)N[C@H](CCC(=O)O)C(=O)N[C@H](CCC(N)=O)C(=O)N[C@@H](C(=O)N[C@H](CC(C)C)C(=O)N[C@@H](CCC(N)=O)C(=O)N[C@@H]1COC(=O)[C@H]([C@@H](C)CC)NC(=O)[C@@H](CCC(N)=O)NC(=O)[C@H](CC(C)C)NC(=O)[C@@H](CCC(N)=O)NC(=O)[C@H](CC(C)C)NC(=O)[C@@H](CC(C)C)NC(=O)[C@@H](C(C)C)NC1=O)C(C)C. The zero-order valence-corrected chi connectivity index (χ0v) is 76.0. The van der Waals surface area contributed by atoms with Crippen LogP contribution in [-0.4, -0.2) is 226 Å². The normalized spacial score (nSPS) is 20.6. The van der Waals surface area contributed by atoms with E-state index in [1.54, 1.807) is 76.2 Å². The van der Waals surface area contributed by atoms with Crippen LogP contribution in [0.15, 0.2) is 0 Å². The van der Waals surface area contributed by atoms with Crippen LogP contribution in [0.3, 0.4) is 0 Å². The molecule has 41 nitrogen and oxygen atoms in total. The molecule has 0 spiro atoms. The lowest BCUT2D eigenvalue weighted by Gasteiger charge is -2.30. The Morgan fingerprint density at radius 1 is 0.400 bits per heavy atom. The highest BCUT2D eigenvalue weighted by Gasteiger charge is 2.42. The van der Waals surface area contributed by atoms with Gasteiger partial charge in [-0.15, -0.1) is 0 Å². The Morgan fingerprint density at radius 3 is 1.17 bits per heavy atom. The van der Waals surface area contributed by atoms with Crippen LogP contribution in [0.1, 0.15) is 265 Å². The highest BCUT2D eigenvalue weighted by Crippen LogP contribution is 2.20. The molecule has 1 rings (SSSR count). The van der Waals surface area contributed by atoms with E-state index in [0.717, 1.165) is 25.7 Å². The minimum absolute atomic E-state index is 0.0351. The van der Waals surface area contributed by atoms with Gasteiger partial charge in [0.25, 0.3) is 0 Å². The van der Waals surface area contributed by atoms with Crippen LogP contribution in [-0.2, 0) is 101 Å². The molecule has 16 atom stereocenters. The molecule has 24 N–H and O–H groups in total. The number of aliphatic carboxylic acids is 1. The average molecular weight is 1780 g/mol. The van der Waals surface area contributed by atoms with Gasteiger partial charge in [-0.1, -0.05) is 156 Å². The van der Waals surface area contributed by atoms with Crippen molar-refractivity contribution in [3.05, 3.63) is 0 Å². The monoisotopic (exact) mass is 1780 g/mol. The van der Waals surface area contributed by atoms with Gasteiger partial charge in [0, 0.05) is 32.1 Å². The number of carbonyl (C=O) groups is 20. The van der Waals surface area contributed by atoms with Crippen molar-refractivity contribution >= 4 is 118 Å². The van der Waals surface area contributed by atoms with Gasteiger partial charge in [-0.05, 0) is 118 Å². The van der Waals surface area contributed by atoms with Crippen LogP contribution < -0.4 is 97.4 Å². The third kappa shape index (κ3) is 45.2. The molecule has 125 heavy (non-hydrogen) atoms. The molecule has 1 aliphatic heterocycles. The Kier molecular flexibility index (Phi) is 52.0. The first-order valence-electron chi connectivity index (χ1n) is 43.7. The maximum absolute atomic E-state index is 15.1. The highest BCUT2D eigenvalue weighted by atomic mass is 16.5. The van der Waals surface area contributed by atoms with Gasteiger partial charge in [0.15, 0.2) is 0 Å². The molecule has 41 heteroatoms. The Morgan fingerprint density at radius 2 is 0.768 bits per heavy atom. The molecule has 1 saturated heterocycles. The number of unbranched alkanes of at least 4 members (excludes halogenated alkanes) is 4. The van der Waals surface area contributed by atoms with Crippen LogP contribution in [0.4, 0.5) is 0 Å². The number of rotatable bonds is 50. The van der Waals surface area contributed by atoms with Crippen LogP contribution in [0.5, 0.6) is 0 Å². The summed E-state index contributed by atoms with van der Waals surface area (Å²) >= 11 is 0. The van der Waals surface area contributed by atoms with Gasteiger partial charge in [0.2, 0.25) is 106 Å². The Balaban J connectivity index is 4.23. The zero-order chi connectivity index (χ0) is 95.4. The maximum Gasteiger partial charge on any atom is 0.329 e. The van der Waals surface area contributed by atoms with Crippen molar-refractivity contribution in [1.29, 1.82) is 0 Å². The summed E-state index contributed by atoms with van der Waals surface area (Å²) in [5, 5.41) is 56.1. The van der Waals surface area contributed by atoms with Gasteiger partial charge in [0.05, 0.1) is 12.5 Å². The molecule has 1 aliphatic rings. The predicted octanol–water partition coefficient (Wildman–Crippen LogP) is -1.04. The second kappa shape index (κ2) is 57.8. The fourth-order valence-electron chi connectivity index (χ4n) is 13.5. The summed E-state index contributed by atoms with van der Waals surface area (Å²) < 4.78 is 5.79. The third-order valence-corrected chi connectivity index (χ3v) is 20.6. The summed E-state index contributed by atoms with van der Waals surface area (Å²) in [5.74, 6) is -25.1. The van der Waals surface area contributed by atoms with Crippen molar-refractivity contribution in [2.75, 3.05) is 6.61 Å². The summed E-state index contributed by atoms with van der Waals surface area (Å²) in [4.78, 5) is 280. The van der Waals surface area contributed by atoms with Gasteiger partial charge in [-0.3, -0.25) is 91.1 Å². The standard InChI is InChI=1S/C84H146N18O23/c1-18-20-21-22-23-24-50(103)40-66(108)89-56(35-42(3)4)76(116)94-55(29-34-67(109)110)71(111)90-53(27-32-64(87)106)74(114)100-68(47(13)14)82(122)97-59(38-45(9)10)79(119)92-52(26-31-63(86)105)73(113)99-61-41-125-84(124)70(49(17)19-2)102-75(115)54(28-33-65(88)107)93-77(117)57(36-43(5)6)95-72(112)51(25-30-62(85)104)91-78(118)58(37-44(7)8)96-80(120)60(39-46(11)12)98-83(123)69(48(15)16)101-81(61)121/h42-61,68-70,103H,18-41H2,1-17H3,(H2,85,104)(H2,86,105)(H2,87,106)(H2,88,107)(H,89,108)(H,90,111)(H,91,118)(H,92,119)(H,93,117)(H,94,116)(H,95,112)(H,96,120)(H,97,122)(H,98,123)(H,99,113)(H,100,114)(H,101,121)(H,102,115)(H,109,110)/t49-,50+,51+,52-,53+,54+,55+,56-,57-,58-,59+,60+,61+,68+,69+,70-/m0/s1. The number of hydrogen-bond acceptors (Lipinski definition) is 22.